The summed E-state index contributed by atoms with van der Waals surface area (Å²) in [6.07, 6.45) is 0.477. The molecular weight excluding hydrogens is 530 g/mol. The first-order chi connectivity index (χ1) is 19.9. The van der Waals surface area contributed by atoms with Gasteiger partial charge < -0.3 is 15.0 Å². The van der Waals surface area contributed by atoms with Gasteiger partial charge >= 0.3 is 6.09 Å². The molecule has 2 amide bonds. The summed E-state index contributed by atoms with van der Waals surface area (Å²) < 4.78 is 6.87. The van der Waals surface area contributed by atoms with Gasteiger partial charge in [-0.2, -0.15) is 5.26 Å². The van der Waals surface area contributed by atoms with Crippen molar-refractivity contribution in [3.63, 3.8) is 0 Å². The van der Waals surface area contributed by atoms with Gasteiger partial charge in [0.05, 0.1) is 12.2 Å². The molecule has 2 aromatic carbocycles. The van der Waals surface area contributed by atoms with Gasteiger partial charge in [-0.3, -0.25) is 14.2 Å². The van der Waals surface area contributed by atoms with Gasteiger partial charge in [-0.1, -0.05) is 55.0 Å². The largest absolute Gasteiger partial charge is 0.444 e. The lowest BCUT2D eigenvalue weighted by molar-refractivity contribution is 0.0525. The highest BCUT2D eigenvalue weighted by Crippen LogP contribution is 2.15. The smallest absolute Gasteiger partial charge is 0.407 e. The first kappa shape index (κ1) is 32.1. The molecule has 0 aliphatic heterocycles. The number of carbonyl (C=O) groups excluding carboxylic acids is 2. The summed E-state index contributed by atoms with van der Waals surface area (Å²) in [4.78, 5) is 45.4. The minimum absolute atomic E-state index is 0.0380. The van der Waals surface area contributed by atoms with Crippen LogP contribution in [0.5, 0.6) is 0 Å². The summed E-state index contributed by atoms with van der Waals surface area (Å²) in [5, 5.41) is 12.3. The van der Waals surface area contributed by atoms with Crippen molar-refractivity contribution >= 4 is 12.0 Å². The molecule has 9 heteroatoms. The van der Waals surface area contributed by atoms with E-state index in [0.717, 1.165) is 11.1 Å². The molecule has 1 N–H and O–H groups in total. The Bertz CT molecular complexity index is 1470. The van der Waals surface area contributed by atoms with Crippen LogP contribution in [0.1, 0.15) is 72.7 Å². The van der Waals surface area contributed by atoms with E-state index < -0.39 is 11.7 Å². The maximum Gasteiger partial charge on any atom is 0.407 e. The van der Waals surface area contributed by atoms with E-state index in [2.05, 4.69) is 10.3 Å². The molecule has 9 nitrogen and oxygen atoms in total. The second-order valence-corrected chi connectivity index (χ2v) is 11.7. The Hall–Kier alpha value is -4.45. The highest BCUT2D eigenvalue weighted by Gasteiger charge is 2.22. The van der Waals surface area contributed by atoms with Gasteiger partial charge in [-0.25, -0.2) is 9.78 Å². The molecule has 42 heavy (non-hydrogen) atoms. The third kappa shape index (κ3) is 9.30. The second kappa shape index (κ2) is 14.4. The molecule has 0 radical (unpaired) electrons. The van der Waals surface area contributed by atoms with Crippen LogP contribution in [0.25, 0.3) is 0 Å². The van der Waals surface area contributed by atoms with Crippen LogP contribution in [-0.2, 0) is 17.7 Å². The molecule has 3 rings (SSSR count). The van der Waals surface area contributed by atoms with Gasteiger partial charge in [0.2, 0.25) is 0 Å². The molecule has 0 saturated carbocycles. The number of ether oxygens (including phenoxy) is 1. The number of alkyl carbamates (subject to hydrolysis) is 1. The van der Waals surface area contributed by atoms with E-state index in [-0.39, 0.29) is 22.9 Å². The van der Waals surface area contributed by atoms with Crippen LogP contribution in [0.3, 0.4) is 0 Å². The van der Waals surface area contributed by atoms with Crippen LogP contribution >= 0.6 is 0 Å². The molecule has 0 spiro atoms. The average molecular weight is 572 g/mol. The third-order valence-corrected chi connectivity index (χ3v) is 6.65. The van der Waals surface area contributed by atoms with Gasteiger partial charge in [-0.05, 0) is 64.7 Å². The van der Waals surface area contributed by atoms with Gasteiger partial charge in [0.15, 0.2) is 0 Å². The Morgan fingerprint density at radius 2 is 1.76 bits per heavy atom. The van der Waals surface area contributed by atoms with E-state index in [1.807, 2.05) is 74.5 Å². The van der Waals surface area contributed by atoms with Crippen LogP contribution in [0.2, 0.25) is 0 Å². The van der Waals surface area contributed by atoms with Crippen LogP contribution in [0.4, 0.5) is 4.79 Å². The Kier molecular flexibility index (Phi) is 11.0. The standard InChI is InChI=1S/C33H41N5O4/c1-23-13-15-27(16-14-23)30(39)37(18-10-17-35-32(41)42-33(4,5)6)21-24(2)19-29-36-25(3)28(20-34)31(40)38(29)22-26-11-8-7-9-12-26/h7-9,11-16,24H,10,17-19,21-22H2,1-6H3,(H,35,41). The zero-order chi connectivity index (χ0) is 30.9. The Labute approximate surface area is 248 Å². The van der Waals surface area contributed by atoms with Crippen molar-refractivity contribution in [2.24, 2.45) is 5.92 Å². The highest BCUT2D eigenvalue weighted by atomic mass is 16.6. The fourth-order valence-electron chi connectivity index (χ4n) is 4.61. The number of benzene rings is 2. The van der Waals surface area contributed by atoms with Crippen molar-refractivity contribution in [2.45, 2.75) is 66.5 Å². The lowest BCUT2D eigenvalue weighted by Crippen LogP contribution is -2.39. The van der Waals surface area contributed by atoms with Crippen LogP contribution in [0.15, 0.2) is 59.4 Å². The van der Waals surface area contributed by atoms with Crippen molar-refractivity contribution in [1.82, 2.24) is 19.8 Å². The summed E-state index contributed by atoms with van der Waals surface area (Å²) in [5.74, 6) is 0.409. The van der Waals surface area contributed by atoms with Gasteiger partial charge in [-0.15, -0.1) is 0 Å². The number of nitrogens with one attached hydrogen (secondary N) is 1. The van der Waals surface area contributed by atoms with Crippen molar-refractivity contribution in [3.05, 3.63) is 98.7 Å². The number of carbonyl (C=O) groups is 2. The Morgan fingerprint density at radius 1 is 1.10 bits per heavy atom. The zero-order valence-corrected chi connectivity index (χ0v) is 25.4. The monoisotopic (exact) mass is 571 g/mol. The number of amides is 2. The topological polar surface area (TPSA) is 117 Å². The summed E-state index contributed by atoms with van der Waals surface area (Å²) in [7, 11) is 0. The van der Waals surface area contributed by atoms with E-state index in [1.165, 1.54) is 0 Å². The van der Waals surface area contributed by atoms with E-state index >= 15 is 0 Å². The Morgan fingerprint density at radius 3 is 2.38 bits per heavy atom. The summed E-state index contributed by atoms with van der Waals surface area (Å²) in [6, 6.07) is 19.0. The molecule has 222 valence electrons. The molecule has 0 fully saturated rings. The number of aromatic nitrogens is 2. The van der Waals surface area contributed by atoms with Crippen LogP contribution < -0.4 is 10.9 Å². The van der Waals surface area contributed by atoms with Crippen LogP contribution in [0, 0.1) is 31.1 Å². The molecule has 0 aliphatic rings. The van der Waals surface area contributed by atoms with E-state index in [4.69, 9.17) is 4.74 Å². The predicted molar refractivity (Wildman–Crippen MR) is 162 cm³/mol. The summed E-state index contributed by atoms with van der Waals surface area (Å²) >= 11 is 0. The zero-order valence-electron chi connectivity index (χ0n) is 25.4. The number of rotatable bonds is 11. The quantitative estimate of drug-likeness (QED) is 0.323. The normalized spacial score (nSPS) is 11.8. The molecule has 3 aromatic rings. The number of hydrogen-bond donors (Lipinski definition) is 1. The molecule has 1 heterocycles. The second-order valence-electron chi connectivity index (χ2n) is 11.7. The molecule has 0 bridgehead atoms. The third-order valence-electron chi connectivity index (χ3n) is 6.65. The maximum atomic E-state index is 13.6. The molecule has 0 aliphatic carbocycles. The first-order valence-corrected chi connectivity index (χ1v) is 14.2. The number of hydrogen-bond acceptors (Lipinski definition) is 6. The molecule has 1 aromatic heterocycles. The lowest BCUT2D eigenvalue weighted by Gasteiger charge is -2.27. The summed E-state index contributed by atoms with van der Waals surface area (Å²) in [5.41, 5.74) is 2.05. The Balaban J connectivity index is 1.80. The number of nitriles is 1. The van der Waals surface area contributed by atoms with Crippen molar-refractivity contribution in [2.75, 3.05) is 19.6 Å². The van der Waals surface area contributed by atoms with E-state index in [0.29, 0.717) is 56.1 Å². The number of aryl methyl sites for hydroxylation is 2. The van der Waals surface area contributed by atoms with Crippen molar-refractivity contribution in [1.29, 1.82) is 5.26 Å². The molecular formula is C33H41N5O4. The van der Waals surface area contributed by atoms with Gasteiger partial charge in [0.1, 0.15) is 23.1 Å². The number of nitrogens with zero attached hydrogens (tertiary/aromatic N) is 4. The molecule has 1 unspecified atom stereocenters. The van der Waals surface area contributed by atoms with Gasteiger partial charge in [0.25, 0.3) is 11.5 Å². The first-order valence-electron chi connectivity index (χ1n) is 14.2. The lowest BCUT2D eigenvalue weighted by atomic mass is 10.0. The molecule has 0 saturated heterocycles. The van der Waals surface area contributed by atoms with Crippen LogP contribution in [-0.4, -0.2) is 51.7 Å². The summed E-state index contributed by atoms with van der Waals surface area (Å²) in [6.45, 7) is 12.6. The van der Waals surface area contributed by atoms with E-state index in [1.54, 1.807) is 37.2 Å². The molecule has 1 atom stereocenters. The fourth-order valence-corrected chi connectivity index (χ4v) is 4.61. The van der Waals surface area contributed by atoms with Crippen molar-refractivity contribution in [3.8, 4) is 6.07 Å². The predicted octanol–water partition coefficient (Wildman–Crippen LogP) is 5.02. The fraction of sp³-hybridized carbons (Fsp3) is 0.424. The van der Waals surface area contributed by atoms with Gasteiger partial charge in [0, 0.05) is 31.6 Å². The average Bonchev–Trinajstić information content (AvgIpc) is 2.92. The van der Waals surface area contributed by atoms with Crippen molar-refractivity contribution < 1.29 is 14.3 Å². The minimum Gasteiger partial charge on any atom is -0.444 e. The highest BCUT2D eigenvalue weighted by molar-refractivity contribution is 5.94. The minimum atomic E-state index is -0.591. The van der Waals surface area contributed by atoms with E-state index in [9.17, 15) is 19.6 Å². The maximum absolute atomic E-state index is 13.6. The SMILES string of the molecule is Cc1ccc(C(=O)N(CCCNC(=O)OC(C)(C)C)CC(C)Cc2nc(C)c(C#N)c(=O)n2Cc2ccccc2)cc1.